The quantitative estimate of drug-likeness (QED) is 0.762. The molecule has 0 aliphatic carbocycles. The Kier molecular flexibility index (Phi) is 6.49. The zero-order valence-corrected chi connectivity index (χ0v) is 17.1. The van der Waals surface area contributed by atoms with Crippen molar-refractivity contribution in [2.75, 3.05) is 17.8 Å². The molecule has 146 valence electrons. The molecule has 1 saturated heterocycles. The zero-order chi connectivity index (χ0) is 19.3. The molecule has 0 spiro atoms. The lowest BCUT2D eigenvalue weighted by atomic mass is 10.1. The number of nitrogens with zero attached hydrogens (tertiary/aromatic N) is 2. The summed E-state index contributed by atoms with van der Waals surface area (Å²) in [5, 5.41) is 2.03. The lowest BCUT2D eigenvalue weighted by Gasteiger charge is -2.26. The number of hydrogen-bond donors (Lipinski definition) is 1. The van der Waals surface area contributed by atoms with Crippen LogP contribution in [0.4, 0.5) is 5.13 Å². The average molecular weight is 408 g/mol. The third kappa shape index (κ3) is 5.29. The molecule has 1 N–H and O–H groups in total. The summed E-state index contributed by atoms with van der Waals surface area (Å²) in [4.78, 5) is 18.7. The van der Waals surface area contributed by atoms with Crippen molar-refractivity contribution in [3.63, 3.8) is 0 Å². The Morgan fingerprint density at radius 3 is 2.56 bits per heavy atom. The maximum absolute atomic E-state index is 12.5. The first-order valence-corrected chi connectivity index (χ1v) is 11.7. The first kappa shape index (κ1) is 19.8. The molecule has 3 rings (SSSR count). The van der Waals surface area contributed by atoms with E-state index >= 15 is 0 Å². The van der Waals surface area contributed by atoms with Crippen molar-refractivity contribution < 1.29 is 13.2 Å². The third-order valence-corrected chi connectivity index (χ3v) is 6.88. The summed E-state index contributed by atoms with van der Waals surface area (Å²) in [5.41, 5.74) is 1.72. The van der Waals surface area contributed by atoms with Crippen LogP contribution in [0.25, 0.3) is 0 Å². The van der Waals surface area contributed by atoms with Crippen LogP contribution in [0.1, 0.15) is 43.9 Å². The number of piperidine rings is 1. The standard InChI is InChI=1S/C19H25N3O3S2/c1-2-6-15-7-9-17(10-8-15)27(24,25)21-19-20-16(14-26-19)13-18(23)22-11-4-3-5-12-22/h7-10,14H,2-6,11-13H2,1H3,(H,20,21). The molecule has 27 heavy (non-hydrogen) atoms. The fraction of sp³-hybridized carbons (Fsp3) is 0.474. The predicted molar refractivity (Wildman–Crippen MR) is 107 cm³/mol. The van der Waals surface area contributed by atoms with E-state index in [4.69, 9.17) is 0 Å². The number of aromatic nitrogens is 1. The van der Waals surface area contributed by atoms with E-state index in [-0.39, 0.29) is 22.4 Å². The number of thiazole rings is 1. The SMILES string of the molecule is CCCc1ccc(S(=O)(=O)Nc2nc(CC(=O)N3CCCCC3)cs2)cc1. The van der Waals surface area contributed by atoms with Gasteiger partial charge in [0.25, 0.3) is 10.0 Å². The van der Waals surface area contributed by atoms with Gasteiger partial charge in [-0.05, 0) is 43.4 Å². The summed E-state index contributed by atoms with van der Waals surface area (Å²) < 4.78 is 27.6. The Balaban J connectivity index is 1.62. The number of carbonyl (C=O) groups is 1. The smallest absolute Gasteiger partial charge is 0.263 e. The zero-order valence-electron chi connectivity index (χ0n) is 15.5. The highest BCUT2D eigenvalue weighted by molar-refractivity contribution is 7.93. The van der Waals surface area contributed by atoms with Crippen molar-refractivity contribution in [2.45, 2.75) is 50.3 Å². The van der Waals surface area contributed by atoms with Crippen molar-refractivity contribution in [3.05, 3.63) is 40.9 Å². The lowest BCUT2D eigenvalue weighted by molar-refractivity contribution is -0.131. The second-order valence-corrected chi connectivity index (χ2v) is 9.30. The summed E-state index contributed by atoms with van der Waals surface area (Å²) in [6.45, 7) is 3.69. The van der Waals surface area contributed by atoms with Gasteiger partial charge < -0.3 is 4.90 Å². The highest BCUT2D eigenvalue weighted by Gasteiger charge is 2.20. The van der Waals surface area contributed by atoms with E-state index in [1.807, 2.05) is 17.0 Å². The molecule has 1 aliphatic rings. The molecule has 1 fully saturated rings. The monoisotopic (exact) mass is 407 g/mol. The van der Waals surface area contributed by atoms with Crippen LogP contribution in [0.3, 0.4) is 0 Å². The minimum Gasteiger partial charge on any atom is -0.342 e. The molecule has 8 heteroatoms. The first-order valence-electron chi connectivity index (χ1n) is 9.32. The third-order valence-electron chi connectivity index (χ3n) is 4.59. The predicted octanol–water partition coefficient (Wildman–Crippen LogP) is 3.45. The van der Waals surface area contributed by atoms with Crippen LogP contribution >= 0.6 is 11.3 Å². The van der Waals surface area contributed by atoms with Crippen LogP contribution in [0.5, 0.6) is 0 Å². The number of carbonyl (C=O) groups excluding carboxylic acids is 1. The maximum atomic E-state index is 12.5. The van der Waals surface area contributed by atoms with Gasteiger partial charge in [0.1, 0.15) is 0 Å². The summed E-state index contributed by atoms with van der Waals surface area (Å²) >= 11 is 1.20. The minimum atomic E-state index is -3.68. The van der Waals surface area contributed by atoms with E-state index in [9.17, 15) is 13.2 Å². The number of rotatable bonds is 7. The van der Waals surface area contributed by atoms with Crippen molar-refractivity contribution in [1.29, 1.82) is 0 Å². The summed E-state index contributed by atoms with van der Waals surface area (Å²) in [6, 6.07) is 6.90. The van der Waals surface area contributed by atoms with Crippen molar-refractivity contribution >= 4 is 32.4 Å². The summed E-state index contributed by atoms with van der Waals surface area (Å²) in [5.74, 6) is 0.0564. The van der Waals surface area contributed by atoms with Gasteiger partial charge in [0, 0.05) is 18.5 Å². The van der Waals surface area contributed by atoms with Gasteiger partial charge in [0.05, 0.1) is 17.0 Å². The van der Waals surface area contributed by atoms with Crippen molar-refractivity contribution in [3.8, 4) is 0 Å². The number of amides is 1. The Hall–Kier alpha value is -1.93. The van der Waals surface area contributed by atoms with Crippen LogP contribution in [-0.4, -0.2) is 37.3 Å². The lowest BCUT2D eigenvalue weighted by Crippen LogP contribution is -2.36. The van der Waals surface area contributed by atoms with Crippen molar-refractivity contribution in [2.24, 2.45) is 0 Å². The average Bonchev–Trinajstić information content (AvgIpc) is 3.09. The van der Waals surface area contributed by atoms with Gasteiger partial charge in [0.15, 0.2) is 5.13 Å². The molecule has 2 heterocycles. The number of likely N-dealkylation sites (tertiary alicyclic amines) is 1. The normalized spacial score (nSPS) is 14.9. The topological polar surface area (TPSA) is 79.4 Å². The fourth-order valence-corrected chi connectivity index (χ4v) is 5.11. The fourth-order valence-electron chi connectivity index (χ4n) is 3.14. The van der Waals surface area contributed by atoms with Crippen molar-refractivity contribution in [1.82, 2.24) is 9.88 Å². The Bertz CT molecular complexity index is 870. The molecule has 0 atom stereocenters. The van der Waals surface area contributed by atoms with Gasteiger partial charge in [-0.1, -0.05) is 25.5 Å². The van der Waals surface area contributed by atoms with E-state index in [0.717, 1.165) is 44.3 Å². The molecule has 0 bridgehead atoms. The van der Waals surface area contributed by atoms with Gasteiger partial charge in [-0.25, -0.2) is 13.4 Å². The molecule has 6 nitrogen and oxygen atoms in total. The van der Waals surface area contributed by atoms with Crippen LogP contribution in [-0.2, 0) is 27.7 Å². The summed E-state index contributed by atoms with van der Waals surface area (Å²) in [6.07, 6.45) is 5.42. The van der Waals surface area contributed by atoms with Gasteiger partial charge in [-0.2, -0.15) is 0 Å². The van der Waals surface area contributed by atoms with Gasteiger partial charge >= 0.3 is 0 Å². The Morgan fingerprint density at radius 2 is 1.89 bits per heavy atom. The molecular formula is C19H25N3O3S2. The summed E-state index contributed by atoms with van der Waals surface area (Å²) in [7, 11) is -3.68. The van der Waals surface area contributed by atoms with E-state index in [1.54, 1.807) is 17.5 Å². The molecular weight excluding hydrogens is 382 g/mol. The highest BCUT2D eigenvalue weighted by atomic mass is 32.2. The molecule has 1 aliphatic heterocycles. The maximum Gasteiger partial charge on any atom is 0.263 e. The molecule has 1 aromatic carbocycles. The largest absolute Gasteiger partial charge is 0.342 e. The van der Waals surface area contributed by atoms with E-state index in [0.29, 0.717) is 5.69 Å². The van der Waals surface area contributed by atoms with Gasteiger partial charge in [-0.3, -0.25) is 9.52 Å². The van der Waals surface area contributed by atoms with E-state index < -0.39 is 10.0 Å². The number of aryl methyl sites for hydroxylation is 1. The van der Waals surface area contributed by atoms with Gasteiger partial charge in [0.2, 0.25) is 5.91 Å². The second kappa shape index (κ2) is 8.84. The first-order chi connectivity index (χ1) is 13.0. The van der Waals surface area contributed by atoms with Crippen LogP contribution in [0, 0.1) is 0 Å². The molecule has 1 amide bonds. The number of hydrogen-bond acceptors (Lipinski definition) is 5. The Morgan fingerprint density at radius 1 is 1.19 bits per heavy atom. The van der Waals surface area contributed by atoms with Crippen LogP contribution in [0.15, 0.2) is 34.5 Å². The highest BCUT2D eigenvalue weighted by Crippen LogP contribution is 2.21. The Labute approximate surface area is 164 Å². The van der Waals surface area contributed by atoms with Crippen LogP contribution in [0.2, 0.25) is 0 Å². The molecule has 1 aromatic heterocycles. The number of sulfonamides is 1. The van der Waals surface area contributed by atoms with E-state index in [2.05, 4.69) is 16.6 Å². The number of anilines is 1. The molecule has 2 aromatic rings. The minimum absolute atomic E-state index is 0.0564. The number of nitrogens with one attached hydrogen (secondary N) is 1. The number of benzene rings is 1. The molecule has 0 radical (unpaired) electrons. The second-order valence-electron chi connectivity index (χ2n) is 6.76. The molecule has 0 saturated carbocycles. The van der Waals surface area contributed by atoms with E-state index in [1.165, 1.54) is 17.8 Å². The van der Waals surface area contributed by atoms with Crippen LogP contribution < -0.4 is 4.72 Å². The van der Waals surface area contributed by atoms with Gasteiger partial charge in [-0.15, -0.1) is 11.3 Å². The molecule has 0 unspecified atom stereocenters.